The molecule has 0 aliphatic heterocycles. The third-order valence-electron chi connectivity index (χ3n) is 3.06. The minimum atomic E-state index is 0.560. The lowest BCUT2D eigenvalue weighted by Crippen LogP contribution is -1.93. The molecule has 84 valence electrons. The average molecular weight is 242 g/mol. The third-order valence-corrected chi connectivity index (χ3v) is 3.27. The molecule has 0 bridgehead atoms. The van der Waals surface area contributed by atoms with Crippen molar-refractivity contribution >= 4 is 11.6 Å². The first kappa shape index (κ1) is 10.5. The highest BCUT2D eigenvalue weighted by atomic mass is 35.5. The van der Waals surface area contributed by atoms with Crippen LogP contribution in [0.5, 0.6) is 0 Å². The zero-order chi connectivity index (χ0) is 11.7. The van der Waals surface area contributed by atoms with Crippen LogP contribution in [0.2, 0.25) is 5.15 Å². The van der Waals surface area contributed by atoms with Crippen LogP contribution in [0.4, 0.5) is 0 Å². The molecule has 2 aliphatic carbocycles. The summed E-state index contributed by atoms with van der Waals surface area (Å²) in [6, 6.07) is 3.94. The minimum Gasteiger partial charge on any atom is -0.245 e. The summed E-state index contributed by atoms with van der Waals surface area (Å²) in [4.78, 5) is 4.00. The number of fused-ring (bicyclic) bond motifs is 1. The van der Waals surface area contributed by atoms with E-state index in [4.69, 9.17) is 11.6 Å². The lowest BCUT2D eigenvalue weighted by molar-refractivity contribution is 1.15. The summed E-state index contributed by atoms with van der Waals surface area (Å²) >= 11 is 5.90. The van der Waals surface area contributed by atoms with E-state index in [1.54, 1.807) is 6.20 Å². The Labute approximate surface area is 106 Å². The van der Waals surface area contributed by atoms with E-state index in [0.717, 1.165) is 12.8 Å². The van der Waals surface area contributed by atoms with Gasteiger partial charge in [0.25, 0.3) is 0 Å². The summed E-state index contributed by atoms with van der Waals surface area (Å²) in [5, 5.41) is 0.560. The molecule has 1 aromatic rings. The molecule has 0 amide bonds. The largest absolute Gasteiger partial charge is 0.245 e. The second-order valence-corrected chi connectivity index (χ2v) is 4.62. The average Bonchev–Trinajstić information content (AvgIpc) is 2.73. The molecule has 1 nitrogen and oxygen atoms in total. The van der Waals surface area contributed by atoms with Crippen molar-refractivity contribution in [3.05, 3.63) is 76.1 Å². The fourth-order valence-corrected chi connectivity index (χ4v) is 2.44. The van der Waals surface area contributed by atoms with Crippen LogP contribution in [-0.2, 0) is 6.42 Å². The summed E-state index contributed by atoms with van der Waals surface area (Å²) in [5.74, 6) is 0. The molecule has 17 heavy (non-hydrogen) atoms. The Morgan fingerprint density at radius 3 is 3.06 bits per heavy atom. The zero-order valence-electron chi connectivity index (χ0n) is 9.36. The van der Waals surface area contributed by atoms with Gasteiger partial charge in [0.1, 0.15) is 5.15 Å². The van der Waals surface area contributed by atoms with Gasteiger partial charge < -0.3 is 0 Å². The lowest BCUT2D eigenvalue weighted by atomic mass is 9.97. The van der Waals surface area contributed by atoms with Crippen molar-refractivity contribution < 1.29 is 0 Å². The molecule has 0 saturated heterocycles. The maximum absolute atomic E-state index is 5.90. The van der Waals surface area contributed by atoms with E-state index in [9.17, 15) is 0 Å². The monoisotopic (exact) mass is 241 g/mol. The smallest absolute Gasteiger partial charge is 0.129 e. The SMILES string of the molecule is Clc1cc(CC2=C3C=CCC=C3C=C2)ccn1. The standard InChI is InChI=1S/C15H12ClN/c16-15-10-11(7-8-17-15)9-13-6-5-12-3-1-2-4-14(12)13/h2-8,10H,1,9H2. The highest BCUT2D eigenvalue weighted by Crippen LogP contribution is 2.31. The Hall–Kier alpha value is -1.60. The normalized spacial score (nSPS) is 17.4. The molecule has 1 heterocycles. The highest BCUT2D eigenvalue weighted by Gasteiger charge is 2.13. The maximum atomic E-state index is 5.90. The number of aromatic nitrogens is 1. The number of allylic oxidation sites excluding steroid dienone is 8. The van der Waals surface area contributed by atoms with Gasteiger partial charge in [0.15, 0.2) is 0 Å². The fourth-order valence-electron chi connectivity index (χ4n) is 2.24. The molecule has 0 atom stereocenters. The van der Waals surface area contributed by atoms with Gasteiger partial charge in [0, 0.05) is 6.20 Å². The molecule has 2 aliphatic rings. The first-order valence-electron chi connectivity index (χ1n) is 5.72. The van der Waals surface area contributed by atoms with Crippen LogP contribution in [0.25, 0.3) is 0 Å². The molecule has 1 aromatic heterocycles. The van der Waals surface area contributed by atoms with Gasteiger partial charge in [-0.25, -0.2) is 4.98 Å². The van der Waals surface area contributed by atoms with Crippen LogP contribution in [-0.4, -0.2) is 4.98 Å². The van der Waals surface area contributed by atoms with E-state index in [2.05, 4.69) is 35.4 Å². The fraction of sp³-hybridized carbons (Fsp3) is 0.133. The Bertz CT molecular complexity index is 576. The Morgan fingerprint density at radius 1 is 1.24 bits per heavy atom. The summed E-state index contributed by atoms with van der Waals surface area (Å²) in [6.45, 7) is 0. The number of halogens is 1. The van der Waals surface area contributed by atoms with Crippen LogP contribution in [0.1, 0.15) is 12.0 Å². The van der Waals surface area contributed by atoms with Gasteiger partial charge in [0.2, 0.25) is 0 Å². The van der Waals surface area contributed by atoms with Crippen molar-refractivity contribution in [3.63, 3.8) is 0 Å². The Balaban J connectivity index is 1.91. The number of hydrogen-bond acceptors (Lipinski definition) is 1. The molecular formula is C15H12ClN. The van der Waals surface area contributed by atoms with E-state index < -0.39 is 0 Å². The summed E-state index contributed by atoms with van der Waals surface area (Å²) in [5.41, 5.74) is 5.26. The molecular weight excluding hydrogens is 230 g/mol. The van der Waals surface area contributed by atoms with Gasteiger partial charge in [-0.2, -0.15) is 0 Å². The van der Waals surface area contributed by atoms with Gasteiger partial charge in [-0.3, -0.25) is 0 Å². The van der Waals surface area contributed by atoms with Gasteiger partial charge in [-0.1, -0.05) is 42.0 Å². The number of nitrogens with zero attached hydrogens (tertiary/aromatic N) is 1. The van der Waals surface area contributed by atoms with Crippen molar-refractivity contribution in [1.29, 1.82) is 0 Å². The van der Waals surface area contributed by atoms with Crippen molar-refractivity contribution in [2.24, 2.45) is 0 Å². The quantitative estimate of drug-likeness (QED) is 0.713. The number of pyridine rings is 1. The number of rotatable bonds is 2. The summed E-state index contributed by atoms with van der Waals surface area (Å²) in [6.07, 6.45) is 14.8. The Morgan fingerprint density at radius 2 is 2.18 bits per heavy atom. The topological polar surface area (TPSA) is 12.9 Å². The molecule has 0 spiro atoms. The lowest BCUT2D eigenvalue weighted by Gasteiger charge is -2.08. The van der Waals surface area contributed by atoms with E-state index >= 15 is 0 Å². The Kier molecular flexibility index (Phi) is 2.69. The van der Waals surface area contributed by atoms with E-state index in [1.165, 1.54) is 22.3 Å². The molecule has 3 rings (SSSR count). The van der Waals surface area contributed by atoms with E-state index in [0.29, 0.717) is 5.15 Å². The number of hydrogen-bond donors (Lipinski definition) is 0. The molecule has 2 heteroatoms. The van der Waals surface area contributed by atoms with Gasteiger partial charge in [-0.05, 0) is 47.3 Å². The van der Waals surface area contributed by atoms with Crippen LogP contribution < -0.4 is 0 Å². The first-order valence-corrected chi connectivity index (χ1v) is 6.09. The molecule has 0 saturated carbocycles. The van der Waals surface area contributed by atoms with Crippen LogP contribution in [0.3, 0.4) is 0 Å². The van der Waals surface area contributed by atoms with Gasteiger partial charge in [-0.15, -0.1) is 0 Å². The van der Waals surface area contributed by atoms with Crippen LogP contribution >= 0.6 is 11.6 Å². The predicted octanol–water partition coefficient (Wildman–Crippen LogP) is 4.03. The predicted molar refractivity (Wildman–Crippen MR) is 71.0 cm³/mol. The first-order chi connectivity index (χ1) is 8.33. The zero-order valence-corrected chi connectivity index (χ0v) is 10.1. The van der Waals surface area contributed by atoms with Crippen molar-refractivity contribution in [2.45, 2.75) is 12.8 Å². The molecule has 0 aromatic carbocycles. The van der Waals surface area contributed by atoms with Gasteiger partial charge >= 0.3 is 0 Å². The van der Waals surface area contributed by atoms with Crippen molar-refractivity contribution in [3.8, 4) is 0 Å². The second-order valence-electron chi connectivity index (χ2n) is 4.23. The minimum absolute atomic E-state index is 0.560. The summed E-state index contributed by atoms with van der Waals surface area (Å²) in [7, 11) is 0. The summed E-state index contributed by atoms with van der Waals surface area (Å²) < 4.78 is 0. The maximum Gasteiger partial charge on any atom is 0.129 e. The van der Waals surface area contributed by atoms with E-state index in [-0.39, 0.29) is 0 Å². The molecule has 0 N–H and O–H groups in total. The van der Waals surface area contributed by atoms with Crippen molar-refractivity contribution in [1.82, 2.24) is 4.98 Å². The third kappa shape index (κ3) is 2.11. The molecule has 0 fully saturated rings. The highest BCUT2D eigenvalue weighted by molar-refractivity contribution is 6.29. The molecule has 0 radical (unpaired) electrons. The van der Waals surface area contributed by atoms with Crippen LogP contribution in [0.15, 0.2) is 65.4 Å². The van der Waals surface area contributed by atoms with Gasteiger partial charge in [0.05, 0.1) is 0 Å². The van der Waals surface area contributed by atoms with Crippen LogP contribution in [0, 0.1) is 0 Å². The molecule has 0 unspecified atom stereocenters. The second kappa shape index (κ2) is 4.34. The van der Waals surface area contributed by atoms with E-state index in [1.807, 2.05) is 12.1 Å². The van der Waals surface area contributed by atoms with Crippen molar-refractivity contribution in [2.75, 3.05) is 0 Å².